The molecule has 0 spiro atoms. The molecule has 0 fully saturated rings. The fourth-order valence-corrected chi connectivity index (χ4v) is 3.79. The largest absolute Gasteiger partial charge is 0.356 e. The van der Waals surface area contributed by atoms with E-state index in [1.54, 1.807) is 6.07 Å². The highest BCUT2D eigenvalue weighted by Gasteiger charge is 2.23. The van der Waals surface area contributed by atoms with Crippen molar-refractivity contribution in [3.8, 4) is 0 Å². The van der Waals surface area contributed by atoms with E-state index in [4.69, 9.17) is 0 Å². The van der Waals surface area contributed by atoms with Crippen molar-refractivity contribution in [2.75, 3.05) is 6.54 Å². The summed E-state index contributed by atoms with van der Waals surface area (Å²) in [7, 11) is 0. The van der Waals surface area contributed by atoms with Crippen molar-refractivity contribution in [3.05, 3.63) is 65.2 Å². The maximum atomic E-state index is 13.2. The summed E-state index contributed by atoms with van der Waals surface area (Å²) in [5, 5.41) is 3.01. The topological polar surface area (TPSA) is 57.8 Å². The van der Waals surface area contributed by atoms with Crippen molar-refractivity contribution in [2.45, 2.75) is 38.0 Å². The molecule has 0 bridgehead atoms. The summed E-state index contributed by atoms with van der Waals surface area (Å²) in [4.78, 5) is 19.8. The highest BCUT2D eigenvalue weighted by molar-refractivity contribution is 5.77. The first-order chi connectivity index (χ1) is 12.7. The number of benzene rings is 2. The van der Waals surface area contributed by atoms with E-state index in [1.165, 1.54) is 23.3 Å². The average Bonchev–Trinajstić information content (AvgIpc) is 3.22. The van der Waals surface area contributed by atoms with Crippen LogP contribution in [0.4, 0.5) is 4.39 Å². The minimum absolute atomic E-state index is 0.110. The first-order valence-corrected chi connectivity index (χ1v) is 9.18. The minimum atomic E-state index is -0.270. The smallest absolute Gasteiger partial charge is 0.220 e. The molecule has 0 radical (unpaired) electrons. The Hall–Kier alpha value is -2.69. The van der Waals surface area contributed by atoms with Crippen LogP contribution < -0.4 is 5.32 Å². The second-order valence-electron chi connectivity index (χ2n) is 6.94. The normalized spacial score (nSPS) is 16.0. The molecule has 1 amide bonds. The lowest BCUT2D eigenvalue weighted by Gasteiger charge is -2.11. The third-order valence-corrected chi connectivity index (χ3v) is 5.09. The minimum Gasteiger partial charge on any atom is -0.356 e. The summed E-state index contributed by atoms with van der Waals surface area (Å²) in [6.07, 6.45) is 4.21. The molecule has 5 heteroatoms. The molecule has 1 aliphatic rings. The van der Waals surface area contributed by atoms with Gasteiger partial charge in [0.05, 0.1) is 11.0 Å². The zero-order chi connectivity index (χ0) is 17.9. The molecule has 1 aromatic heterocycles. The molecular weight excluding hydrogens is 329 g/mol. The Morgan fingerprint density at radius 1 is 1.27 bits per heavy atom. The Kier molecular flexibility index (Phi) is 4.69. The van der Waals surface area contributed by atoms with Crippen molar-refractivity contribution in [1.29, 1.82) is 0 Å². The number of nitrogens with zero attached hydrogens (tertiary/aromatic N) is 1. The summed E-state index contributed by atoms with van der Waals surface area (Å²) in [5.74, 6) is 1.01. The quantitative estimate of drug-likeness (QED) is 0.662. The molecule has 3 aromatic rings. The molecule has 0 aliphatic heterocycles. The SMILES string of the molecule is O=C(CC1CCc2ccccc21)NCCCc1nc2ccc(F)cc2[nH]1. The number of carbonyl (C=O) groups is 1. The number of rotatable bonds is 6. The van der Waals surface area contributed by atoms with Crippen molar-refractivity contribution in [2.24, 2.45) is 0 Å². The molecule has 2 N–H and O–H groups in total. The lowest BCUT2D eigenvalue weighted by Crippen LogP contribution is -2.26. The van der Waals surface area contributed by atoms with Gasteiger partial charge in [0.15, 0.2) is 0 Å². The molecule has 1 atom stereocenters. The first kappa shape index (κ1) is 16.8. The Labute approximate surface area is 151 Å². The van der Waals surface area contributed by atoms with Crippen LogP contribution >= 0.6 is 0 Å². The Balaban J connectivity index is 1.24. The van der Waals surface area contributed by atoms with Gasteiger partial charge >= 0.3 is 0 Å². The number of H-pyrrole nitrogens is 1. The van der Waals surface area contributed by atoms with Crippen LogP contribution in [0.5, 0.6) is 0 Å². The van der Waals surface area contributed by atoms with Gasteiger partial charge in [0.2, 0.25) is 5.91 Å². The van der Waals surface area contributed by atoms with Gasteiger partial charge in [-0.05, 0) is 54.5 Å². The molecule has 1 heterocycles. The van der Waals surface area contributed by atoms with Gasteiger partial charge in [0, 0.05) is 19.4 Å². The number of halogens is 1. The molecule has 2 aromatic carbocycles. The van der Waals surface area contributed by atoms with Gasteiger partial charge in [-0.25, -0.2) is 9.37 Å². The van der Waals surface area contributed by atoms with Crippen LogP contribution in [0.25, 0.3) is 11.0 Å². The second kappa shape index (κ2) is 7.28. The number of imidazole rings is 1. The fourth-order valence-electron chi connectivity index (χ4n) is 3.79. The monoisotopic (exact) mass is 351 g/mol. The molecule has 4 nitrogen and oxygen atoms in total. The fraction of sp³-hybridized carbons (Fsp3) is 0.333. The third-order valence-electron chi connectivity index (χ3n) is 5.09. The van der Waals surface area contributed by atoms with Gasteiger partial charge in [-0.15, -0.1) is 0 Å². The number of carbonyl (C=O) groups excluding carboxylic acids is 1. The van der Waals surface area contributed by atoms with Crippen molar-refractivity contribution < 1.29 is 9.18 Å². The Morgan fingerprint density at radius 3 is 3.08 bits per heavy atom. The lowest BCUT2D eigenvalue weighted by molar-refractivity contribution is -0.121. The number of fused-ring (bicyclic) bond motifs is 2. The van der Waals surface area contributed by atoms with Gasteiger partial charge in [-0.1, -0.05) is 24.3 Å². The summed E-state index contributed by atoms with van der Waals surface area (Å²) in [6, 6.07) is 13.0. The molecule has 0 saturated carbocycles. The van der Waals surface area contributed by atoms with Gasteiger partial charge in [0.1, 0.15) is 11.6 Å². The van der Waals surface area contributed by atoms with E-state index >= 15 is 0 Å². The van der Waals surface area contributed by atoms with Crippen LogP contribution in [0.1, 0.15) is 42.1 Å². The number of nitrogens with one attached hydrogen (secondary N) is 2. The van der Waals surface area contributed by atoms with E-state index in [0.717, 1.165) is 37.0 Å². The van der Waals surface area contributed by atoms with Crippen LogP contribution in [0, 0.1) is 5.82 Å². The number of aryl methyl sites for hydroxylation is 2. The highest BCUT2D eigenvalue weighted by Crippen LogP contribution is 2.35. The van der Waals surface area contributed by atoms with Crippen molar-refractivity contribution >= 4 is 16.9 Å². The number of aromatic amines is 1. The van der Waals surface area contributed by atoms with Crippen LogP contribution in [0.2, 0.25) is 0 Å². The van der Waals surface area contributed by atoms with Crippen LogP contribution in [0.15, 0.2) is 42.5 Å². The predicted octanol–water partition coefficient (Wildman–Crippen LogP) is 3.87. The third kappa shape index (κ3) is 3.62. The van der Waals surface area contributed by atoms with E-state index in [9.17, 15) is 9.18 Å². The second-order valence-corrected chi connectivity index (χ2v) is 6.94. The Bertz CT molecular complexity index is 934. The zero-order valence-electron chi connectivity index (χ0n) is 14.6. The molecule has 1 unspecified atom stereocenters. The molecule has 4 rings (SSSR count). The van der Waals surface area contributed by atoms with Gasteiger partial charge in [-0.3, -0.25) is 4.79 Å². The van der Waals surface area contributed by atoms with Crippen molar-refractivity contribution in [3.63, 3.8) is 0 Å². The average molecular weight is 351 g/mol. The van der Waals surface area contributed by atoms with Crippen LogP contribution in [-0.4, -0.2) is 22.4 Å². The Morgan fingerprint density at radius 2 is 2.15 bits per heavy atom. The zero-order valence-corrected chi connectivity index (χ0v) is 14.6. The maximum absolute atomic E-state index is 13.2. The van der Waals surface area contributed by atoms with E-state index in [-0.39, 0.29) is 11.7 Å². The first-order valence-electron chi connectivity index (χ1n) is 9.18. The predicted molar refractivity (Wildman–Crippen MR) is 99.5 cm³/mol. The maximum Gasteiger partial charge on any atom is 0.220 e. The summed E-state index contributed by atoms with van der Waals surface area (Å²) >= 11 is 0. The molecular formula is C21H22FN3O. The molecule has 1 aliphatic carbocycles. The van der Waals surface area contributed by atoms with Gasteiger partial charge in [-0.2, -0.15) is 0 Å². The lowest BCUT2D eigenvalue weighted by atomic mass is 9.97. The molecule has 134 valence electrons. The highest BCUT2D eigenvalue weighted by atomic mass is 19.1. The summed E-state index contributed by atoms with van der Waals surface area (Å²) in [5.41, 5.74) is 4.19. The molecule has 0 saturated heterocycles. The van der Waals surface area contributed by atoms with E-state index < -0.39 is 0 Å². The van der Waals surface area contributed by atoms with E-state index in [0.29, 0.717) is 24.4 Å². The number of aromatic nitrogens is 2. The number of hydrogen-bond acceptors (Lipinski definition) is 2. The summed E-state index contributed by atoms with van der Waals surface area (Å²) < 4.78 is 13.2. The van der Waals surface area contributed by atoms with E-state index in [2.05, 4.69) is 33.5 Å². The van der Waals surface area contributed by atoms with Gasteiger partial charge in [0.25, 0.3) is 0 Å². The summed E-state index contributed by atoms with van der Waals surface area (Å²) in [6.45, 7) is 0.624. The van der Waals surface area contributed by atoms with Crippen LogP contribution in [0.3, 0.4) is 0 Å². The van der Waals surface area contributed by atoms with E-state index in [1.807, 2.05) is 6.07 Å². The van der Waals surface area contributed by atoms with Crippen LogP contribution in [-0.2, 0) is 17.6 Å². The number of amides is 1. The van der Waals surface area contributed by atoms with Gasteiger partial charge < -0.3 is 10.3 Å². The van der Waals surface area contributed by atoms with Crippen molar-refractivity contribution in [1.82, 2.24) is 15.3 Å². The molecule has 26 heavy (non-hydrogen) atoms. The standard InChI is InChI=1S/C21H22FN3O/c22-16-9-10-18-19(13-16)25-20(24-18)6-3-11-23-21(26)12-15-8-7-14-4-1-2-5-17(14)15/h1-2,4-5,9-10,13,15H,3,6-8,11-12H2,(H,23,26)(H,24,25). The number of hydrogen-bond donors (Lipinski definition) is 2.